The van der Waals surface area contributed by atoms with Gasteiger partial charge in [-0.1, -0.05) is 0 Å². The van der Waals surface area contributed by atoms with E-state index >= 15 is 0 Å². The number of amides is 1. The lowest BCUT2D eigenvalue weighted by molar-refractivity contribution is -0.120. The van der Waals surface area contributed by atoms with E-state index in [-0.39, 0.29) is 5.91 Å². The molecule has 0 radical (unpaired) electrons. The number of carbonyl (C=O) groups excluding carboxylic acids is 1. The van der Waals surface area contributed by atoms with Gasteiger partial charge >= 0.3 is 0 Å². The quantitative estimate of drug-likeness (QED) is 0.876. The van der Waals surface area contributed by atoms with Crippen LogP contribution < -0.4 is 10.6 Å². The molecule has 0 saturated heterocycles. The SMILES string of the molecule is CCNC(=O)CCNc1nc2ccc(Br)cn2n1. The van der Waals surface area contributed by atoms with Gasteiger partial charge < -0.3 is 10.6 Å². The summed E-state index contributed by atoms with van der Waals surface area (Å²) in [5.74, 6) is 0.550. The van der Waals surface area contributed by atoms with Crippen molar-refractivity contribution in [2.75, 3.05) is 18.4 Å². The number of nitrogens with one attached hydrogen (secondary N) is 2. The van der Waals surface area contributed by atoms with Crippen LogP contribution in [0.3, 0.4) is 0 Å². The molecule has 18 heavy (non-hydrogen) atoms. The van der Waals surface area contributed by atoms with Crippen LogP contribution in [0.1, 0.15) is 13.3 Å². The molecule has 0 bridgehead atoms. The van der Waals surface area contributed by atoms with Gasteiger partial charge in [-0.25, -0.2) is 4.52 Å². The smallest absolute Gasteiger partial charge is 0.243 e. The summed E-state index contributed by atoms with van der Waals surface area (Å²) in [6.45, 7) is 3.07. The highest BCUT2D eigenvalue weighted by Crippen LogP contribution is 2.11. The minimum absolute atomic E-state index is 0.0245. The number of carbonyl (C=O) groups is 1. The van der Waals surface area contributed by atoms with Crippen LogP contribution in [0.25, 0.3) is 5.65 Å². The Hall–Kier alpha value is -1.63. The summed E-state index contributed by atoms with van der Waals surface area (Å²) in [6, 6.07) is 3.77. The van der Waals surface area contributed by atoms with Gasteiger partial charge in [-0.3, -0.25) is 4.79 Å². The van der Waals surface area contributed by atoms with Crippen molar-refractivity contribution in [1.29, 1.82) is 0 Å². The summed E-state index contributed by atoms with van der Waals surface area (Å²) < 4.78 is 2.62. The average Bonchev–Trinajstić information content (AvgIpc) is 2.71. The van der Waals surface area contributed by atoms with E-state index in [1.807, 2.05) is 25.3 Å². The minimum Gasteiger partial charge on any atom is -0.356 e. The summed E-state index contributed by atoms with van der Waals surface area (Å²) >= 11 is 3.37. The highest BCUT2D eigenvalue weighted by Gasteiger charge is 2.04. The monoisotopic (exact) mass is 311 g/mol. The van der Waals surface area contributed by atoms with Crippen molar-refractivity contribution in [3.63, 3.8) is 0 Å². The fraction of sp³-hybridized carbons (Fsp3) is 0.364. The minimum atomic E-state index is 0.0245. The first-order valence-corrected chi connectivity index (χ1v) is 6.51. The molecule has 2 N–H and O–H groups in total. The van der Waals surface area contributed by atoms with E-state index in [1.165, 1.54) is 0 Å². The van der Waals surface area contributed by atoms with Gasteiger partial charge in [-0.2, -0.15) is 4.98 Å². The molecule has 0 aliphatic carbocycles. The molecule has 0 unspecified atom stereocenters. The second-order valence-corrected chi connectivity index (χ2v) is 4.63. The van der Waals surface area contributed by atoms with Gasteiger partial charge in [0.2, 0.25) is 11.9 Å². The van der Waals surface area contributed by atoms with Gasteiger partial charge in [0.15, 0.2) is 5.65 Å². The number of rotatable bonds is 5. The third-order valence-electron chi connectivity index (χ3n) is 2.30. The zero-order valence-electron chi connectivity index (χ0n) is 9.98. The number of fused-ring (bicyclic) bond motifs is 1. The number of hydrogen-bond acceptors (Lipinski definition) is 4. The Morgan fingerprint density at radius 1 is 1.50 bits per heavy atom. The molecule has 7 heteroatoms. The van der Waals surface area contributed by atoms with Crippen molar-refractivity contribution in [1.82, 2.24) is 19.9 Å². The Balaban J connectivity index is 1.94. The predicted molar refractivity (Wildman–Crippen MR) is 72.5 cm³/mol. The molecule has 96 valence electrons. The molecule has 1 amide bonds. The molecule has 2 heterocycles. The van der Waals surface area contributed by atoms with E-state index in [2.05, 4.69) is 36.6 Å². The van der Waals surface area contributed by atoms with Crippen molar-refractivity contribution < 1.29 is 4.79 Å². The molecular formula is C11H14BrN5O. The number of hydrogen-bond donors (Lipinski definition) is 2. The normalized spacial score (nSPS) is 10.6. The van der Waals surface area contributed by atoms with Gasteiger partial charge in [-0.15, -0.1) is 5.10 Å². The highest BCUT2D eigenvalue weighted by atomic mass is 79.9. The summed E-state index contributed by atoms with van der Waals surface area (Å²) in [7, 11) is 0. The van der Waals surface area contributed by atoms with Crippen LogP contribution in [0.4, 0.5) is 5.95 Å². The van der Waals surface area contributed by atoms with Crippen LogP contribution >= 0.6 is 15.9 Å². The van der Waals surface area contributed by atoms with Crippen LogP contribution in [-0.2, 0) is 4.79 Å². The van der Waals surface area contributed by atoms with Gasteiger partial charge in [0.05, 0.1) is 0 Å². The molecule has 2 aromatic rings. The van der Waals surface area contributed by atoms with E-state index in [4.69, 9.17) is 0 Å². The number of anilines is 1. The van der Waals surface area contributed by atoms with Crippen LogP contribution in [-0.4, -0.2) is 33.6 Å². The van der Waals surface area contributed by atoms with Gasteiger partial charge in [-0.05, 0) is 35.0 Å². The lowest BCUT2D eigenvalue weighted by atomic mass is 10.4. The van der Waals surface area contributed by atoms with E-state index in [9.17, 15) is 4.79 Å². The van der Waals surface area contributed by atoms with Crippen molar-refractivity contribution in [2.45, 2.75) is 13.3 Å². The van der Waals surface area contributed by atoms with Gasteiger partial charge in [0.1, 0.15) is 0 Å². The molecule has 0 aliphatic heterocycles. The van der Waals surface area contributed by atoms with E-state index < -0.39 is 0 Å². The fourth-order valence-corrected chi connectivity index (χ4v) is 1.83. The Morgan fingerprint density at radius 3 is 3.11 bits per heavy atom. The molecule has 0 aromatic carbocycles. The third kappa shape index (κ3) is 3.19. The summed E-state index contributed by atoms with van der Waals surface area (Å²) in [5.41, 5.74) is 0.763. The zero-order chi connectivity index (χ0) is 13.0. The maximum atomic E-state index is 11.2. The number of halogens is 1. The van der Waals surface area contributed by atoms with E-state index in [1.54, 1.807) is 4.52 Å². The molecule has 2 rings (SSSR count). The van der Waals surface area contributed by atoms with Crippen molar-refractivity contribution in [2.24, 2.45) is 0 Å². The fourth-order valence-electron chi connectivity index (χ4n) is 1.51. The van der Waals surface area contributed by atoms with Crippen LogP contribution in [0.5, 0.6) is 0 Å². The molecule has 0 spiro atoms. The molecule has 2 aromatic heterocycles. The lowest BCUT2D eigenvalue weighted by Gasteiger charge is -2.01. The second kappa shape index (κ2) is 5.81. The lowest BCUT2D eigenvalue weighted by Crippen LogP contribution is -2.24. The summed E-state index contributed by atoms with van der Waals surface area (Å²) in [4.78, 5) is 15.5. The van der Waals surface area contributed by atoms with Gasteiger partial charge in [0, 0.05) is 30.2 Å². The van der Waals surface area contributed by atoms with Crippen LogP contribution in [0.15, 0.2) is 22.8 Å². The zero-order valence-corrected chi connectivity index (χ0v) is 11.6. The second-order valence-electron chi connectivity index (χ2n) is 3.72. The Labute approximate surface area is 113 Å². The molecule has 0 saturated carbocycles. The van der Waals surface area contributed by atoms with E-state index in [0.717, 1.165) is 10.1 Å². The van der Waals surface area contributed by atoms with Crippen molar-refractivity contribution in [3.8, 4) is 0 Å². The van der Waals surface area contributed by atoms with E-state index in [0.29, 0.717) is 25.5 Å². The standard InChI is InChI=1S/C11H14BrN5O/c1-2-13-10(18)5-6-14-11-15-9-4-3-8(12)7-17(9)16-11/h3-4,7H,2,5-6H2,1H3,(H,13,18)(H,14,16). The largest absolute Gasteiger partial charge is 0.356 e. The average molecular weight is 312 g/mol. The first-order chi connectivity index (χ1) is 8.69. The molecular weight excluding hydrogens is 298 g/mol. The highest BCUT2D eigenvalue weighted by molar-refractivity contribution is 9.10. The number of pyridine rings is 1. The third-order valence-corrected chi connectivity index (χ3v) is 2.77. The number of nitrogens with zero attached hydrogens (tertiary/aromatic N) is 3. The molecule has 0 aliphatic rings. The van der Waals surface area contributed by atoms with Crippen LogP contribution in [0, 0.1) is 0 Å². The Morgan fingerprint density at radius 2 is 2.33 bits per heavy atom. The maximum absolute atomic E-state index is 11.2. The van der Waals surface area contributed by atoms with Crippen molar-refractivity contribution in [3.05, 3.63) is 22.8 Å². The van der Waals surface area contributed by atoms with Crippen LogP contribution in [0.2, 0.25) is 0 Å². The molecule has 0 atom stereocenters. The first kappa shape index (κ1) is 12.8. The summed E-state index contributed by atoms with van der Waals surface area (Å²) in [6.07, 6.45) is 2.24. The first-order valence-electron chi connectivity index (χ1n) is 5.71. The summed E-state index contributed by atoms with van der Waals surface area (Å²) in [5, 5.41) is 10.0. The Kier molecular flexibility index (Phi) is 4.14. The molecule has 0 fully saturated rings. The maximum Gasteiger partial charge on any atom is 0.243 e. The van der Waals surface area contributed by atoms with Crippen molar-refractivity contribution >= 4 is 33.4 Å². The topological polar surface area (TPSA) is 71.3 Å². The van der Waals surface area contributed by atoms with Gasteiger partial charge in [0.25, 0.3) is 0 Å². The molecule has 6 nitrogen and oxygen atoms in total. The Bertz CT molecular complexity index is 553. The number of aromatic nitrogens is 3. The predicted octanol–water partition coefficient (Wildman–Crippen LogP) is 1.43.